The van der Waals surface area contributed by atoms with Gasteiger partial charge in [-0.05, 0) is 31.4 Å². The van der Waals surface area contributed by atoms with Gasteiger partial charge in [0, 0.05) is 13.5 Å². The molecule has 1 heterocycles. The average Bonchev–Trinajstić information content (AvgIpc) is 2.55. The zero-order chi connectivity index (χ0) is 11.2. The summed E-state index contributed by atoms with van der Waals surface area (Å²) in [5, 5.41) is 10.2. The number of fused-ring (bicyclic) bond motifs is 1. The monoisotopic (exact) mass is 216 g/mol. The van der Waals surface area contributed by atoms with Gasteiger partial charge >= 0.3 is 0 Å². The van der Waals surface area contributed by atoms with Gasteiger partial charge in [-0.2, -0.15) is 0 Å². The van der Waals surface area contributed by atoms with Crippen LogP contribution in [-0.4, -0.2) is 20.3 Å². The third kappa shape index (κ3) is 1.43. The summed E-state index contributed by atoms with van der Waals surface area (Å²) in [7, 11) is 2.02. The summed E-state index contributed by atoms with van der Waals surface area (Å²) in [4.78, 5) is 4.58. The molecule has 3 rings (SSSR count). The maximum atomic E-state index is 10.2. The number of rotatable bonds is 2. The van der Waals surface area contributed by atoms with Crippen molar-refractivity contribution in [3.63, 3.8) is 0 Å². The largest absolute Gasteiger partial charge is 0.389 e. The molecule has 1 saturated carbocycles. The van der Waals surface area contributed by atoms with Crippen LogP contribution in [0.5, 0.6) is 0 Å². The number of imidazole rings is 1. The Morgan fingerprint density at radius 3 is 2.75 bits per heavy atom. The third-order valence-corrected chi connectivity index (χ3v) is 3.65. The second kappa shape index (κ2) is 3.32. The first kappa shape index (κ1) is 9.85. The smallest absolute Gasteiger partial charge is 0.112 e. The zero-order valence-electron chi connectivity index (χ0n) is 9.48. The van der Waals surface area contributed by atoms with Crippen LogP contribution in [0.3, 0.4) is 0 Å². The fourth-order valence-electron chi connectivity index (χ4n) is 2.41. The lowest BCUT2D eigenvalue weighted by Gasteiger charge is -2.36. The molecule has 0 spiro atoms. The summed E-state index contributed by atoms with van der Waals surface area (Å²) >= 11 is 0. The molecule has 3 nitrogen and oxygen atoms in total. The highest BCUT2D eigenvalue weighted by atomic mass is 16.3. The van der Waals surface area contributed by atoms with Gasteiger partial charge in [0.1, 0.15) is 5.82 Å². The molecule has 0 amide bonds. The zero-order valence-corrected chi connectivity index (χ0v) is 9.48. The lowest BCUT2D eigenvalue weighted by Crippen LogP contribution is -2.39. The molecule has 84 valence electrons. The van der Waals surface area contributed by atoms with Crippen molar-refractivity contribution < 1.29 is 5.11 Å². The van der Waals surface area contributed by atoms with Gasteiger partial charge in [0.2, 0.25) is 0 Å². The molecule has 0 aliphatic heterocycles. The van der Waals surface area contributed by atoms with Crippen LogP contribution in [-0.2, 0) is 13.5 Å². The quantitative estimate of drug-likeness (QED) is 0.834. The molecule has 16 heavy (non-hydrogen) atoms. The van der Waals surface area contributed by atoms with Crippen LogP contribution in [0.1, 0.15) is 25.1 Å². The topological polar surface area (TPSA) is 38.0 Å². The van der Waals surface area contributed by atoms with Crippen molar-refractivity contribution >= 4 is 11.0 Å². The van der Waals surface area contributed by atoms with Gasteiger partial charge in [-0.25, -0.2) is 4.98 Å². The van der Waals surface area contributed by atoms with Crippen LogP contribution in [0.2, 0.25) is 0 Å². The molecule has 0 atom stereocenters. The molecule has 1 aliphatic carbocycles. The molecule has 1 aromatic carbocycles. The summed E-state index contributed by atoms with van der Waals surface area (Å²) in [5.41, 5.74) is 1.66. The van der Waals surface area contributed by atoms with Crippen LogP contribution >= 0.6 is 0 Å². The van der Waals surface area contributed by atoms with Crippen LogP contribution < -0.4 is 0 Å². The second-order valence-electron chi connectivity index (χ2n) is 4.83. The number of benzene rings is 1. The predicted octanol–water partition coefficient (Wildman–Crippen LogP) is 2.03. The molecule has 0 radical (unpaired) electrons. The average molecular weight is 216 g/mol. The van der Waals surface area contributed by atoms with E-state index in [-0.39, 0.29) is 0 Å². The lowest BCUT2D eigenvalue weighted by atomic mass is 9.78. The number of hydrogen-bond acceptors (Lipinski definition) is 2. The molecule has 1 aliphatic rings. The first-order valence-corrected chi connectivity index (χ1v) is 5.81. The highest BCUT2D eigenvalue weighted by Gasteiger charge is 2.35. The van der Waals surface area contributed by atoms with Crippen LogP contribution in [0.4, 0.5) is 0 Å². The minimum atomic E-state index is -0.491. The molecule has 2 aromatic rings. The molecule has 3 heteroatoms. The van der Waals surface area contributed by atoms with Crippen molar-refractivity contribution in [2.45, 2.75) is 31.3 Å². The van der Waals surface area contributed by atoms with Gasteiger partial charge < -0.3 is 9.67 Å². The third-order valence-electron chi connectivity index (χ3n) is 3.65. The van der Waals surface area contributed by atoms with Gasteiger partial charge in [-0.1, -0.05) is 12.1 Å². The van der Waals surface area contributed by atoms with Gasteiger partial charge in [0.15, 0.2) is 0 Å². The number of aryl methyl sites for hydroxylation is 1. The predicted molar refractivity (Wildman–Crippen MR) is 63.2 cm³/mol. The Labute approximate surface area is 94.7 Å². The van der Waals surface area contributed by atoms with E-state index in [0.29, 0.717) is 6.42 Å². The van der Waals surface area contributed by atoms with Gasteiger partial charge in [0.25, 0.3) is 0 Å². The minimum absolute atomic E-state index is 0.491. The highest BCUT2D eigenvalue weighted by Crippen LogP contribution is 2.34. The Hall–Kier alpha value is -1.35. The molecule has 1 fully saturated rings. The van der Waals surface area contributed by atoms with Gasteiger partial charge in [-0.15, -0.1) is 0 Å². The van der Waals surface area contributed by atoms with E-state index in [2.05, 4.69) is 15.6 Å². The summed E-state index contributed by atoms with van der Waals surface area (Å²) < 4.78 is 2.09. The van der Waals surface area contributed by atoms with E-state index >= 15 is 0 Å². The van der Waals surface area contributed by atoms with Crippen LogP contribution in [0, 0.1) is 0 Å². The van der Waals surface area contributed by atoms with Crippen molar-refractivity contribution in [1.82, 2.24) is 9.55 Å². The normalized spacial score (nSPS) is 18.6. The summed E-state index contributed by atoms with van der Waals surface area (Å²) in [6.07, 6.45) is 3.64. The van der Waals surface area contributed by atoms with E-state index in [0.717, 1.165) is 36.1 Å². The maximum absolute atomic E-state index is 10.2. The summed E-state index contributed by atoms with van der Waals surface area (Å²) in [6.45, 7) is 0. The van der Waals surface area contributed by atoms with Crippen LogP contribution in [0.15, 0.2) is 24.3 Å². The Morgan fingerprint density at radius 2 is 2.12 bits per heavy atom. The van der Waals surface area contributed by atoms with Crippen molar-refractivity contribution in [2.75, 3.05) is 0 Å². The van der Waals surface area contributed by atoms with Gasteiger partial charge in [0.05, 0.1) is 16.6 Å². The van der Waals surface area contributed by atoms with E-state index in [4.69, 9.17) is 0 Å². The van der Waals surface area contributed by atoms with E-state index in [1.165, 1.54) is 0 Å². The van der Waals surface area contributed by atoms with Gasteiger partial charge in [-0.3, -0.25) is 0 Å². The number of para-hydroxylation sites is 2. The van der Waals surface area contributed by atoms with E-state index in [1.807, 2.05) is 25.2 Å². The standard InChI is InChI=1S/C13H16N2O/c1-15-11-6-3-2-5-10(11)14-12(15)9-13(16)7-4-8-13/h2-3,5-6,16H,4,7-9H2,1H3. The van der Waals surface area contributed by atoms with Crippen LogP contribution in [0.25, 0.3) is 11.0 Å². The fraction of sp³-hybridized carbons (Fsp3) is 0.462. The summed E-state index contributed by atoms with van der Waals surface area (Å²) in [5.74, 6) is 0.989. The molecule has 0 unspecified atom stereocenters. The Kier molecular flexibility index (Phi) is 2.04. The Balaban J connectivity index is 2.00. The van der Waals surface area contributed by atoms with Crippen molar-refractivity contribution in [1.29, 1.82) is 0 Å². The molecule has 0 bridgehead atoms. The van der Waals surface area contributed by atoms with Crippen molar-refractivity contribution in [3.8, 4) is 0 Å². The number of nitrogens with zero attached hydrogens (tertiary/aromatic N) is 2. The Bertz CT molecular complexity index is 526. The first-order valence-electron chi connectivity index (χ1n) is 5.81. The lowest BCUT2D eigenvalue weighted by molar-refractivity contribution is -0.0342. The summed E-state index contributed by atoms with van der Waals surface area (Å²) in [6, 6.07) is 8.10. The minimum Gasteiger partial charge on any atom is -0.389 e. The maximum Gasteiger partial charge on any atom is 0.112 e. The molecular formula is C13H16N2O. The molecule has 1 aromatic heterocycles. The Morgan fingerprint density at radius 1 is 1.38 bits per heavy atom. The van der Waals surface area contributed by atoms with E-state index in [1.54, 1.807) is 0 Å². The second-order valence-corrected chi connectivity index (χ2v) is 4.83. The molecule has 0 saturated heterocycles. The number of aromatic nitrogens is 2. The SMILES string of the molecule is Cn1c(CC2(O)CCC2)nc2ccccc21. The highest BCUT2D eigenvalue weighted by molar-refractivity contribution is 5.75. The van der Waals surface area contributed by atoms with E-state index in [9.17, 15) is 5.11 Å². The van der Waals surface area contributed by atoms with Crippen molar-refractivity contribution in [2.24, 2.45) is 7.05 Å². The molecule has 1 N–H and O–H groups in total. The molecular weight excluding hydrogens is 200 g/mol. The van der Waals surface area contributed by atoms with E-state index < -0.39 is 5.60 Å². The number of hydrogen-bond donors (Lipinski definition) is 1. The van der Waals surface area contributed by atoms with Crippen molar-refractivity contribution in [3.05, 3.63) is 30.1 Å². The first-order chi connectivity index (χ1) is 7.68. The fourth-order valence-corrected chi connectivity index (χ4v) is 2.41. The number of aliphatic hydroxyl groups is 1.